The van der Waals surface area contributed by atoms with Crippen LogP contribution in [-0.4, -0.2) is 258 Å². The Kier molecular flexibility index (Phi) is 23.0. The number of nitrogen functional groups attached to an aromatic ring is 5. The topological polar surface area (TPSA) is 764 Å². The van der Waals surface area contributed by atoms with Gasteiger partial charge in [0.25, 0.3) is 16.7 Å². The first-order valence-electron chi connectivity index (χ1n) is 34.2. The number of nitrogens with two attached hydrogens (primary N) is 10. The Morgan fingerprint density at radius 3 is 1.26 bits per heavy atom. The van der Waals surface area contributed by atoms with Gasteiger partial charge < -0.3 is 142 Å². The molecule has 15 heterocycles. The molecule has 5 saturated heterocycles. The zero-order chi connectivity index (χ0) is 84.7. The highest BCUT2D eigenvalue weighted by Gasteiger charge is 2.60. The summed E-state index contributed by atoms with van der Waals surface area (Å²) in [6, 6.07) is 1.52. The van der Waals surface area contributed by atoms with Gasteiger partial charge in [-0.15, -0.1) is 32.1 Å². The van der Waals surface area contributed by atoms with Crippen molar-refractivity contribution in [1.82, 2.24) is 87.6 Å². The van der Waals surface area contributed by atoms with Crippen LogP contribution in [0.4, 0.5) is 34.1 Å². The first kappa shape index (κ1) is 84.4. The minimum Gasteiger partial charge on any atom is -0.391 e. The Morgan fingerprint density at radius 2 is 0.817 bits per heavy atom. The van der Waals surface area contributed by atoms with Crippen LogP contribution >= 0.6 is 12.2 Å². The second-order valence-electron chi connectivity index (χ2n) is 27.7. The predicted octanol–water partition coefficient (Wildman–Crippen LogP) is -8.22. The van der Waals surface area contributed by atoms with Gasteiger partial charge >= 0.3 is 0 Å². The second kappa shape index (κ2) is 31.3. The van der Waals surface area contributed by atoms with Crippen molar-refractivity contribution in [3.63, 3.8) is 0 Å². The van der Waals surface area contributed by atoms with Crippen LogP contribution in [0, 0.1) is 72.2 Å². The fourth-order valence-electron chi connectivity index (χ4n) is 13.7. The number of nitrogens with zero attached hydrogens (tertiary/aromatic N) is 14. The van der Waals surface area contributed by atoms with Gasteiger partial charge in [0.05, 0.1) is 61.1 Å². The highest BCUT2D eigenvalue weighted by molar-refractivity contribution is 7.71. The molecule has 115 heavy (non-hydrogen) atoms. The number of aromatic nitrogens is 18. The number of aliphatic hydroxyl groups excluding tert-OH is 10. The van der Waals surface area contributed by atoms with Gasteiger partial charge in [-0.1, -0.05) is 41.8 Å². The molecule has 0 aromatic carbocycles. The molecule has 0 aliphatic carbocycles. The van der Waals surface area contributed by atoms with Crippen molar-refractivity contribution in [1.29, 1.82) is 0 Å². The monoisotopic (exact) mass is 1620 g/mol. The van der Waals surface area contributed by atoms with Gasteiger partial charge in [-0.25, -0.2) is 29.3 Å². The van der Waals surface area contributed by atoms with E-state index in [2.05, 4.69) is 94.4 Å². The van der Waals surface area contributed by atoms with E-state index in [4.69, 9.17) is 125 Å². The molecule has 15 rings (SSSR count). The predicted molar refractivity (Wildman–Crippen MR) is 406 cm³/mol. The number of hydrogen-bond donors (Lipinski definition) is 24. The molecule has 610 valence electrons. The van der Waals surface area contributed by atoms with Gasteiger partial charge in [0.2, 0.25) is 23.8 Å². The van der Waals surface area contributed by atoms with Crippen LogP contribution in [0.1, 0.15) is 65.8 Å². The quantitative estimate of drug-likeness (QED) is 0.0447. The lowest BCUT2D eigenvalue weighted by atomic mass is 9.90. The van der Waals surface area contributed by atoms with E-state index in [0.717, 1.165) is 10.8 Å². The van der Waals surface area contributed by atoms with Gasteiger partial charge in [-0.05, 0) is 40.7 Å². The van der Waals surface area contributed by atoms with E-state index in [1.54, 1.807) is 0 Å². The van der Waals surface area contributed by atoms with Crippen molar-refractivity contribution in [2.24, 2.45) is 28.7 Å². The van der Waals surface area contributed by atoms with Crippen LogP contribution in [0.25, 0.3) is 55.6 Å². The van der Waals surface area contributed by atoms with E-state index in [1.807, 2.05) is 0 Å². The number of rotatable bonds is 10. The molecule has 5 aliphatic rings. The van der Waals surface area contributed by atoms with Crippen molar-refractivity contribution in [3.8, 4) is 61.7 Å². The van der Waals surface area contributed by atoms with Crippen LogP contribution < -0.4 is 74.0 Å². The van der Waals surface area contributed by atoms with Crippen LogP contribution in [0.5, 0.6) is 0 Å². The van der Waals surface area contributed by atoms with Crippen molar-refractivity contribution in [2.45, 2.75) is 185 Å². The number of aliphatic hydroxyl groups is 10. The Morgan fingerprint density at radius 1 is 0.461 bits per heavy atom. The number of halogens is 1. The summed E-state index contributed by atoms with van der Waals surface area (Å²) in [5, 5.41) is 100. The fraction of sp³-hybridized carbons (Fsp3) is 0.448. The number of imidazole rings is 3. The summed E-state index contributed by atoms with van der Waals surface area (Å²) in [4.78, 5) is 81.4. The van der Waals surface area contributed by atoms with Crippen molar-refractivity contribution >= 4 is 97.5 Å². The average molecular weight is 1620 g/mol. The lowest BCUT2D eigenvalue weighted by molar-refractivity contribution is -0.0757. The second-order valence-corrected chi connectivity index (χ2v) is 28.1. The molecule has 10 aromatic rings. The minimum atomic E-state index is -1.78. The molecule has 34 N–H and O–H groups in total. The van der Waals surface area contributed by atoms with Crippen LogP contribution in [0.15, 0.2) is 58.0 Å². The molecule has 0 saturated carbocycles. The zero-order valence-corrected chi connectivity index (χ0v) is 61.9. The molecule has 25 atom stereocenters. The Hall–Kier alpha value is -11.6. The number of fused-ring (bicyclic) bond motifs is 5. The fourth-order valence-corrected chi connectivity index (χ4v) is 14.0. The number of aromatic amines is 4. The lowest BCUT2D eigenvalue weighted by Gasteiger charge is -2.28. The standard InChI is InChI=1S/C14H16FN5O4.C14H17N5O4.C13H16N6O4.C13H16N6O3S.C13H16N6O3/c1-3-14(17)9(22)8(5(2)21)24-12(14)20-4-6(15)7-10(20)18-13(16)19-11(7)23;1-3-14(16)9(21)8(6(2)20)23-12(14)19-5-4-7-10(19)17-13(15)18-11(7)22;1-3-13(15)8(21)7(5(2)20)23-11(13)19-4-16-6-9(19)17-12(14)18-10(6)22;1-3-13(15)8(21)7(5(2)20)22-11(13)19-4-16-6-9(19)17-12(14)18-10(6)23;1-3-13(15)9(21)8(6(2)20)22-11(13)19-5-17-7-4-16-12(14)18-10(7)19/h1,4-5,8-9,12,21-22H,17H2,2H3,(H3,16,18,19,23);1,4-6,8-9,12,20-21H,16H2,2H3,(H3,15,17,18,22);1,4-5,7-8,11,20-21H,15H2,2H3,(H3,14,17,18,22);1,4-5,7-8,11,20-21H,15H2,2H3,(H3,14,17,18,23);1,4-6,8-9,11,20-21H,15H2,2H3,(H2,14,16,18)/t5-,8-,9+,12-,14?;6-,8-,9+,12-,14?;2*5-,7-,8+,11-,13?;6-,8-,9+,11-,13?/m11111/s1. The largest absolute Gasteiger partial charge is 0.391 e. The van der Waals surface area contributed by atoms with Crippen LogP contribution in [0.2, 0.25) is 0 Å². The van der Waals surface area contributed by atoms with E-state index in [9.17, 15) is 69.8 Å². The molecule has 46 nitrogen and oxygen atoms in total. The van der Waals surface area contributed by atoms with Gasteiger partial charge in [0.15, 0.2) is 103 Å². The average Bonchev–Trinajstić information content (AvgIpc) is 1.62. The minimum absolute atomic E-state index is 0.0251. The Bertz CT molecular complexity index is 5510. The van der Waals surface area contributed by atoms with Crippen LogP contribution in [-0.2, 0) is 23.7 Å². The lowest BCUT2D eigenvalue weighted by Crippen LogP contribution is -2.54. The molecule has 5 unspecified atom stereocenters. The smallest absolute Gasteiger partial charge is 0.280 e. The first-order chi connectivity index (χ1) is 54.0. The van der Waals surface area contributed by atoms with E-state index in [0.29, 0.717) is 22.3 Å². The summed E-state index contributed by atoms with van der Waals surface area (Å²) < 4.78 is 49.5. The third-order valence-electron chi connectivity index (χ3n) is 19.9. The summed E-state index contributed by atoms with van der Waals surface area (Å²) in [7, 11) is 0. The zero-order valence-electron chi connectivity index (χ0n) is 61.0. The molecule has 48 heteroatoms. The molecule has 0 amide bonds. The normalized spacial score (nSPS) is 32.1. The highest BCUT2D eigenvalue weighted by Crippen LogP contribution is 2.44. The maximum atomic E-state index is 14.2. The molecule has 10 aromatic heterocycles. The summed E-state index contributed by atoms with van der Waals surface area (Å²) in [6.45, 7) is 7.26. The van der Waals surface area contributed by atoms with Gasteiger partial charge in [-0.2, -0.15) is 19.9 Å². The third kappa shape index (κ3) is 14.3. The third-order valence-corrected chi connectivity index (χ3v) is 20.2. The van der Waals surface area contributed by atoms with Gasteiger partial charge in [0.1, 0.15) is 83.1 Å². The number of anilines is 5. The van der Waals surface area contributed by atoms with Gasteiger partial charge in [0, 0.05) is 12.4 Å². The summed E-state index contributed by atoms with van der Waals surface area (Å²) in [6.07, 6.45) is 13.7. The molecule has 0 spiro atoms. The molecular weight excluding hydrogens is 1540 g/mol. The van der Waals surface area contributed by atoms with Crippen LogP contribution in [0.3, 0.4) is 0 Å². The van der Waals surface area contributed by atoms with Crippen molar-refractivity contribution in [2.75, 3.05) is 28.7 Å². The molecular formula is C67H81FN28O18S. The summed E-state index contributed by atoms with van der Waals surface area (Å²) >= 11 is 5.11. The maximum Gasteiger partial charge on any atom is 0.280 e. The van der Waals surface area contributed by atoms with E-state index in [1.165, 1.54) is 90.3 Å². The molecule has 5 fully saturated rings. The molecule has 0 radical (unpaired) electrons. The van der Waals surface area contributed by atoms with Crippen molar-refractivity contribution in [3.05, 3.63) is 85.2 Å². The Balaban J connectivity index is 0.000000142. The Labute approximate surface area is 651 Å². The van der Waals surface area contributed by atoms with E-state index >= 15 is 0 Å². The van der Waals surface area contributed by atoms with E-state index in [-0.39, 0.29) is 67.6 Å². The number of ether oxygens (including phenoxy) is 5. The molecule has 0 bridgehead atoms. The highest BCUT2D eigenvalue weighted by atomic mass is 32.1. The van der Waals surface area contributed by atoms with Gasteiger partial charge in [-0.3, -0.25) is 47.6 Å². The van der Waals surface area contributed by atoms with E-state index < -0.39 is 173 Å². The SMILES string of the molecule is C#CC1(N)[C@@H](O)[C@@H]([C@@H](C)O)O[C@H]1n1cc(F)c2c(=O)[nH]c(N)nc21.C#CC1(N)[C@@H](O)[C@@H]([C@@H](C)O)O[C@H]1n1ccc2c(=O)[nH]c(N)nc21.C#CC1(N)[C@@H](O)[C@@H]([C@@H](C)O)O[C@H]1n1cnc2c(=O)[nH]c(N)nc21.C#CC1(N)[C@@H](O)[C@@H]([C@@H](C)O)O[C@H]1n1cnc2c(=S)nc(N)[nH]c21.C#CC1(N)[C@@H](O)[C@@H]([C@@H](C)O)O[C@H]1n1cnc2cnc(N)nc21. The number of H-pyrrole nitrogens is 4. The number of hydrogen-bond acceptors (Lipinski definition) is 38. The maximum absolute atomic E-state index is 14.2. The summed E-state index contributed by atoms with van der Waals surface area (Å²) in [5.41, 5.74) is 50.6. The summed E-state index contributed by atoms with van der Waals surface area (Å²) in [5.74, 6) is 10.4. The number of terminal acetylenes is 5. The molecule has 5 aliphatic heterocycles. The number of nitrogens with one attached hydrogen (secondary N) is 4. The first-order valence-corrected chi connectivity index (χ1v) is 34.6. The van der Waals surface area contributed by atoms with Crippen molar-refractivity contribution < 1.29 is 79.1 Å².